The second-order valence-electron chi connectivity index (χ2n) is 3.80. The van der Waals surface area contributed by atoms with Gasteiger partial charge in [-0.25, -0.2) is 4.98 Å². The van der Waals surface area contributed by atoms with Crippen LogP contribution in [-0.4, -0.2) is 15.6 Å². The van der Waals surface area contributed by atoms with Crippen molar-refractivity contribution >= 4 is 11.3 Å². The van der Waals surface area contributed by atoms with Gasteiger partial charge in [-0.2, -0.15) is 5.26 Å². The van der Waals surface area contributed by atoms with E-state index in [4.69, 9.17) is 11.0 Å². The maximum Gasteiger partial charge on any atom is 0.213 e. The molecule has 0 spiro atoms. The summed E-state index contributed by atoms with van der Waals surface area (Å²) in [6, 6.07) is 6.12. The van der Waals surface area contributed by atoms with Crippen molar-refractivity contribution < 1.29 is 0 Å². The first-order valence-electron chi connectivity index (χ1n) is 5.49. The number of nitrogens with zero attached hydrogens (tertiary/aromatic N) is 3. The Bertz CT molecular complexity index is 509. The average Bonchev–Trinajstić information content (AvgIpc) is 3.00. The molecule has 0 fully saturated rings. The number of thiophene rings is 1. The molecule has 0 bridgehead atoms. The van der Waals surface area contributed by atoms with Gasteiger partial charge in [0, 0.05) is 23.3 Å². The van der Waals surface area contributed by atoms with E-state index in [0.29, 0.717) is 5.82 Å². The first kappa shape index (κ1) is 11.8. The molecule has 2 atom stereocenters. The van der Waals surface area contributed by atoms with Gasteiger partial charge in [0.25, 0.3) is 0 Å². The third-order valence-electron chi connectivity index (χ3n) is 2.78. The molecule has 2 aromatic rings. The van der Waals surface area contributed by atoms with E-state index in [1.807, 2.05) is 35.2 Å². The highest BCUT2D eigenvalue weighted by Gasteiger charge is 2.23. The predicted octanol–water partition coefficient (Wildman–Crippen LogP) is 2.14. The molecule has 2 heterocycles. The quantitative estimate of drug-likeness (QED) is 0.898. The summed E-state index contributed by atoms with van der Waals surface area (Å²) in [4.78, 5) is 5.19. The van der Waals surface area contributed by atoms with Gasteiger partial charge >= 0.3 is 0 Å². The first-order valence-corrected chi connectivity index (χ1v) is 6.37. The Kier molecular flexibility index (Phi) is 3.57. The minimum Gasteiger partial charge on any atom is -0.326 e. The number of nitriles is 1. The molecule has 2 unspecified atom stereocenters. The van der Waals surface area contributed by atoms with E-state index in [0.717, 1.165) is 11.3 Å². The molecule has 0 saturated carbocycles. The lowest BCUT2D eigenvalue weighted by Gasteiger charge is -2.23. The Morgan fingerprint density at radius 2 is 2.47 bits per heavy atom. The normalized spacial score (nSPS) is 14.2. The predicted molar refractivity (Wildman–Crippen MR) is 67.7 cm³/mol. The molecule has 0 aromatic carbocycles. The molecule has 0 aliphatic rings. The largest absolute Gasteiger partial charge is 0.326 e. The summed E-state index contributed by atoms with van der Waals surface area (Å²) in [6.45, 7) is 2.05. The van der Waals surface area contributed by atoms with Crippen LogP contribution in [0.3, 0.4) is 0 Å². The summed E-state index contributed by atoms with van der Waals surface area (Å²) >= 11 is 1.65. The van der Waals surface area contributed by atoms with Gasteiger partial charge in [0.05, 0.1) is 6.04 Å². The second-order valence-corrected chi connectivity index (χ2v) is 4.78. The fourth-order valence-corrected chi connectivity index (χ4v) is 2.76. The zero-order valence-corrected chi connectivity index (χ0v) is 10.4. The van der Waals surface area contributed by atoms with Gasteiger partial charge in [0.1, 0.15) is 6.07 Å². The summed E-state index contributed by atoms with van der Waals surface area (Å²) in [6.07, 6.45) is 4.31. The smallest absolute Gasteiger partial charge is 0.213 e. The molecule has 2 N–H and O–H groups in total. The number of rotatable bonds is 4. The van der Waals surface area contributed by atoms with Crippen molar-refractivity contribution in [2.45, 2.75) is 25.4 Å². The van der Waals surface area contributed by atoms with Gasteiger partial charge in [0.15, 0.2) is 0 Å². The third-order valence-corrected chi connectivity index (χ3v) is 3.72. The minimum atomic E-state index is -0.0186. The number of nitrogens with two attached hydrogens (primary N) is 1. The third kappa shape index (κ3) is 2.23. The van der Waals surface area contributed by atoms with Gasteiger partial charge < -0.3 is 10.3 Å². The van der Waals surface area contributed by atoms with Crippen LogP contribution >= 0.6 is 11.3 Å². The molecule has 0 aliphatic carbocycles. The molecule has 2 aromatic heterocycles. The van der Waals surface area contributed by atoms with Crippen molar-refractivity contribution in [2.75, 3.05) is 0 Å². The van der Waals surface area contributed by atoms with Crippen LogP contribution in [0.25, 0.3) is 0 Å². The van der Waals surface area contributed by atoms with Crippen LogP contribution in [0.4, 0.5) is 0 Å². The molecule has 5 heteroatoms. The van der Waals surface area contributed by atoms with Crippen LogP contribution in [-0.2, 0) is 0 Å². The Morgan fingerprint density at radius 1 is 1.65 bits per heavy atom. The second kappa shape index (κ2) is 5.13. The van der Waals surface area contributed by atoms with E-state index < -0.39 is 0 Å². The zero-order valence-electron chi connectivity index (χ0n) is 9.58. The lowest BCUT2D eigenvalue weighted by atomic mass is 10.0. The molecule has 0 amide bonds. The minimum absolute atomic E-state index is 0.00264. The Balaban J connectivity index is 2.45. The fourth-order valence-electron chi connectivity index (χ4n) is 1.86. The van der Waals surface area contributed by atoms with E-state index in [-0.39, 0.29) is 12.1 Å². The van der Waals surface area contributed by atoms with Crippen LogP contribution in [0.15, 0.2) is 29.9 Å². The summed E-state index contributed by atoms with van der Waals surface area (Å²) < 4.78 is 1.86. The standard InChI is InChI=1S/C12H14N4S/c1-2-9(14)12(10-4-3-7-17-10)16-6-5-15-11(16)8-13/h3-7,9,12H,2,14H2,1H3. The summed E-state index contributed by atoms with van der Waals surface area (Å²) in [5.41, 5.74) is 6.17. The van der Waals surface area contributed by atoms with E-state index in [1.54, 1.807) is 17.5 Å². The van der Waals surface area contributed by atoms with Crippen molar-refractivity contribution in [1.29, 1.82) is 5.26 Å². The Labute approximate surface area is 104 Å². The topological polar surface area (TPSA) is 67.6 Å². The molecule has 17 heavy (non-hydrogen) atoms. The Morgan fingerprint density at radius 3 is 3.06 bits per heavy atom. The number of hydrogen-bond acceptors (Lipinski definition) is 4. The molecule has 4 nitrogen and oxygen atoms in total. The van der Waals surface area contributed by atoms with Crippen LogP contribution < -0.4 is 5.73 Å². The molecule has 0 saturated heterocycles. The van der Waals surface area contributed by atoms with Crippen molar-refractivity contribution in [3.05, 3.63) is 40.6 Å². The summed E-state index contributed by atoms with van der Waals surface area (Å²) in [7, 11) is 0. The van der Waals surface area contributed by atoms with E-state index in [9.17, 15) is 0 Å². The molecule has 0 aliphatic heterocycles. The van der Waals surface area contributed by atoms with Gasteiger partial charge in [-0.05, 0) is 17.9 Å². The van der Waals surface area contributed by atoms with Crippen molar-refractivity contribution in [2.24, 2.45) is 5.73 Å². The van der Waals surface area contributed by atoms with Crippen LogP contribution in [0.5, 0.6) is 0 Å². The maximum atomic E-state index is 9.04. The van der Waals surface area contributed by atoms with Crippen LogP contribution in [0, 0.1) is 11.3 Å². The fraction of sp³-hybridized carbons (Fsp3) is 0.333. The van der Waals surface area contributed by atoms with E-state index in [2.05, 4.69) is 11.1 Å². The number of hydrogen-bond donors (Lipinski definition) is 1. The van der Waals surface area contributed by atoms with E-state index >= 15 is 0 Å². The number of aromatic nitrogens is 2. The first-order chi connectivity index (χ1) is 8.27. The van der Waals surface area contributed by atoms with Crippen LogP contribution in [0.2, 0.25) is 0 Å². The zero-order chi connectivity index (χ0) is 12.3. The van der Waals surface area contributed by atoms with E-state index in [1.165, 1.54) is 0 Å². The highest BCUT2D eigenvalue weighted by molar-refractivity contribution is 7.10. The maximum absolute atomic E-state index is 9.04. The summed E-state index contributed by atoms with van der Waals surface area (Å²) in [5, 5.41) is 11.1. The molecule has 0 radical (unpaired) electrons. The molecular weight excluding hydrogens is 232 g/mol. The van der Waals surface area contributed by atoms with Gasteiger partial charge in [0.2, 0.25) is 5.82 Å². The van der Waals surface area contributed by atoms with Crippen LogP contribution in [0.1, 0.15) is 30.1 Å². The lowest BCUT2D eigenvalue weighted by Crippen LogP contribution is -2.32. The van der Waals surface area contributed by atoms with Crippen molar-refractivity contribution in [3.8, 4) is 6.07 Å². The van der Waals surface area contributed by atoms with Gasteiger partial charge in [-0.3, -0.25) is 0 Å². The summed E-state index contributed by atoms with van der Waals surface area (Å²) in [5.74, 6) is 0.410. The molecule has 2 rings (SSSR count). The Hall–Kier alpha value is -1.64. The number of imidazole rings is 1. The highest BCUT2D eigenvalue weighted by atomic mass is 32.1. The van der Waals surface area contributed by atoms with Gasteiger partial charge in [-0.1, -0.05) is 13.0 Å². The van der Waals surface area contributed by atoms with Crippen molar-refractivity contribution in [1.82, 2.24) is 9.55 Å². The van der Waals surface area contributed by atoms with Crippen molar-refractivity contribution in [3.63, 3.8) is 0 Å². The molecular formula is C12H14N4S. The highest BCUT2D eigenvalue weighted by Crippen LogP contribution is 2.27. The lowest BCUT2D eigenvalue weighted by molar-refractivity contribution is 0.461. The molecule has 88 valence electrons. The SMILES string of the molecule is CCC(N)C(c1cccs1)n1ccnc1C#N. The van der Waals surface area contributed by atoms with Gasteiger partial charge in [-0.15, -0.1) is 11.3 Å². The average molecular weight is 246 g/mol. The monoisotopic (exact) mass is 246 g/mol.